The predicted molar refractivity (Wildman–Crippen MR) is 50.5 cm³/mol. The number of rotatable bonds is 2. The highest BCUT2D eigenvalue weighted by Crippen LogP contribution is 2.09. The van der Waals surface area contributed by atoms with Crippen LogP contribution < -0.4 is 0 Å². The molecule has 0 atom stereocenters. The summed E-state index contributed by atoms with van der Waals surface area (Å²) in [4.78, 5) is 10.6. The maximum Gasteiger partial charge on any atom is 0.153 e. The normalized spacial score (nSPS) is 9.15. The first-order valence-corrected chi connectivity index (χ1v) is 4.09. The van der Waals surface area contributed by atoms with Gasteiger partial charge in [-0.15, -0.1) is 5.92 Å². The molecule has 1 rings (SSSR count). The number of carbonyl (C=O) groups is 1. The van der Waals surface area contributed by atoms with E-state index >= 15 is 0 Å². The summed E-state index contributed by atoms with van der Waals surface area (Å²) in [6, 6.07) is 0. The predicted octanol–water partition coefficient (Wildman–Crippen LogP) is 1.34. The minimum Gasteiger partial charge on any atom is -0.298 e. The fraction of sp³-hybridized carbons (Fsp3) is 0.400. The van der Waals surface area contributed by atoms with Crippen molar-refractivity contribution >= 4 is 6.29 Å². The molecule has 0 unspecified atom stereocenters. The number of aldehydes is 1. The second-order valence-electron chi connectivity index (χ2n) is 2.79. The topological polar surface area (TPSA) is 34.9 Å². The van der Waals surface area contributed by atoms with Gasteiger partial charge in [0.2, 0.25) is 0 Å². The Kier molecular flexibility index (Phi) is 2.86. The van der Waals surface area contributed by atoms with Crippen molar-refractivity contribution < 1.29 is 4.79 Å². The maximum absolute atomic E-state index is 10.6. The molecule has 0 bridgehead atoms. The van der Waals surface area contributed by atoms with Gasteiger partial charge in [0.05, 0.1) is 11.3 Å². The number of carbonyl (C=O) groups excluding carboxylic acids is 1. The molecule has 0 amide bonds. The summed E-state index contributed by atoms with van der Waals surface area (Å²) in [5.41, 5.74) is 2.33. The van der Waals surface area contributed by atoms with Gasteiger partial charge < -0.3 is 0 Å². The van der Waals surface area contributed by atoms with Crippen molar-refractivity contribution in [3.8, 4) is 11.8 Å². The lowest BCUT2D eigenvalue weighted by Crippen LogP contribution is -2.00. The van der Waals surface area contributed by atoms with Gasteiger partial charge in [-0.3, -0.25) is 9.48 Å². The van der Waals surface area contributed by atoms with Crippen molar-refractivity contribution in [1.82, 2.24) is 9.78 Å². The average Bonchev–Trinajstić information content (AvgIpc) is 2.38. The number of aromatic nitrogens is 2. The molecule has 0 fully saturated rings. The monoisotopic (exact) mass is 176 g/mol. The maximum atomic E-state index is 10.6. The summed E-state index contributed by atoms with van der Waals surface area (Å²) in [5.74, 6) is 5.70. The van der Waals surface area contributed by atoms with Crippen LogP contribution in [-0.2, 0) is 6.54 Å². The number of hydrogen-bond donors (Lipinski definition) is 0. The average molecular weight is 176 g/mol. The molecule has 0 aliphatic rings. The van der Waals surface area contributed by atoms with Gasteiger partial charge in [0, 0.05) is 5.69 Å². The summed E-state index contributed by atoms with van der Waals surface area (Å²) in [7, 11) is 0. The molecule has 1 heterocycles. The van der Waals surface area contributed by atoms with Gasteiger partial charge in [0.25, 0.3) is 0 Å². The van der Waals surface area contributed by atoms with E-state index in [4.69, 9.17) is 0 Å². The van der Waals surface area contributed by atoms with Crippen LogP contribution in [0.4, 0.5) is 0 Å². The summed E-state index contributed by atoms with van der Waals surface area (Å²) < 4.78 is 1.75. The molecule has 0 saturated heterocycles. The van der Waals surface area contributed by atoms with Gasteiger partial charge in [-0.25, -0.2) is 0 Å². The summed E-state index contributed by atoms with van der Waals surface area (Å²) in [6.07, 6.45) is 0.841. The molecule has 0 aliphatic carbocycles. The van der Waals surface area contributed by atoms with Crippen molar-refractivity contribution in [3.05, 3.63) is 17.0 Å². The van der Waals surface area contributed by atoms with Crippen molar-refractivity contribution in [2.45, 2.75) is 27.3 Å². The molecule has 1 aromatic rings. The van der Waals surface area contributed by atoms with Gasteiger partial charge in [-0.1, -0.05) is 5.92 Å². The fourth-order valence-corrected chi connectivity index (χ4v) is 1.19. The van der Waals surface area contributed by atoms with Crippen LogP contribution in [0.1, 0.15) is 28.7 Å². The first-order chi connectivity index (χ1) is 6.20. The summed E-state index contributed by atoms with van der Waals surface area (Å²) in [6.45, 7) is 6.04. The van der Waals surface area contributed by atoms with Crippen molar-refractivity contribution in [2.75, 3.05) is 0 Å². The molecule has 0 spiro atoms. The highest BCUT2D eigenvalue weighted by Gasteiger charge is 2.08. The third-order valence-electron chi connectivity index (χ3n) is 1.96. The zero-order chi connectivity index (χ0) is 9.84. The van der Waals surface area contributed by atoms with Crippen LogP contribution >= 0.6 is 0 Å². The van der Waals surface area contributed by atoms with E-state index in [2.05, 4.69) is 16.9 Å². The first kappa shape index (κ1) is 9.53. The van der Waals surface area contributed by atoms with Crippen LogP contribution in [-0.4, -0.2) is 16.1 Å². The molecule has 13 heavy (non-hydrogen) atoms. The Labute approximate surface area is 77.8 Å². The molecular formula is C10H12N2O. The van der Waals surface area contributed by atoms with Crippen LogP contribution in [0, 0.1) is 25.7 Å². The Morgan fingerprint density at radius 2 is 2.23 bits per heavy atom. The van der Waals surface area contributed by atoms with Crippen LogP contribution in [0.15, 0.2) is 0 Å². The Morgan fingerprint density at radius 1 is 1.54 bits per heavy atom. The second kappa shape index (κ2) is 3.90. The molecule has 0 saturated carbocycles. The lowest BCUT2D eigenvalue weighted by molar-refractivity contribution is 0.112. The van der Waals surface area contributed by atoms with E-state index in [1.54, 1.807) is 11.6 Å². The van der Waals surface area contributed by atoms with Gasteiger partial charge >= 0.3 is 0 Å². The molecule has 3 heteroatoms. The van der Waals surface area contributed by atoms with Gasteiger partial charge in [-0.2, -0.15) is 5.10 Å². The Balaban J connectivity index is 3.07. The number of nitrogens with zero attached hydrogens (tertiary/aromatic N) is 2. The van der Waals surface area contributed by atoms with Crippen LogP contribution in [0.2, 0.25) is 0 Å². The van der Waals surface area contributed by atoms with Crippen molar-refractivity contribution in [1.29, 1.82) is 0 Å². The lowest BCUT2D eigenvalue weighted by atomic mass is 10.2. The van der Waals surface area contributed by atoms with E-state index in [-0.39, 0.29) is 0 Å². The second-order valence-corrected chi connectivity index (χ2v) is 2.79. The number of hydrogen-bond acceptors (Lipinski definition) is 2. The number of aryl methyl sites for hydroxylation is 1. The lowest BCUT2D eigenvalue weighted by Gasteiger charge is -1.96. The molecular weight excluding hydrogens is 164 g/mol. The molecule has 0 aliphatic heterocycles. The van der Waals surface area contributed by atoms with E-state index in [0.29, 0.717) is 12.1 Å². The summed E-state index contributed by atoms with van der Waals surface area (Å²) in [5, 5.41) is 4.20. The smallest absolute Gasteiger partial charge is 0.153 e. The SMILES string of the molecule is CC#CCn1nc(C)c(C=O)c1C. The zero-order valence-corrected chi connectivity index (χ0v) is 8.09. The van der Waals surface area contributed by atoms with E-state index in [1.807, 2.05) is 13.8 Å². The van der Waals surface area contributed by atoms with Gasteiger partial charge in [0.1, 0.15) is 6.54 Å². The first-order valence-electron chi connectivity index (χ1n) is 4.09. The third kappa shape index (κ3) is 1.78. The van der Waals surface area contributed by atoms with E-state index in [9.17, 15) is 4.79 Å². The molecule has 3 nitrogen and oxygen atoms in total. The van der Waals surface area contributed by atoms with Crippen molar-refractivity contribution in [3.63, 3.8) is 0 Å². The van der Waals surface area contributed by atoms with Gasteiger partial charge in [-0.05, 0) is 20.8 Å². The standard InChI is InChI=1S/C10H12N2O/c1-4-5-6-12-9(3)10(7-13)8(2)11-12/h7H,6H2,1-3H3. The van der Waals surface area contributed by atoms with Crippen molar-refractivity contribution in [2.24, 2.45) is 0 Å². The fourth-order valence-electron chi connectivity index (χ4n) is 1.19. The molecule has 0 aromatic carbocycles. The Bertz CT molecular complexity index is 380. The minimum absolute atomic E-state index is 0.553. The Morgan fingerprint density at radius 3 is 2.69 bits per heavy atom. The molecule has 0 N–H and O–H groups in total. The van der Waals surface area contributed by atoms with E-state index in [0.717, 1.165) is 17.7 Å². The quantitative estimate of drug-likeness (QED) is 0.503. The summed E-state index contributed by atoms with van der Waals surface area (Å²) >= 11 is 0. The zero-order valence-electron chi connectivity index (χ0n) is 8.09. The highest BCUT2D eigenvalue weighted by atomic mass is 16.1. The molecule has 68 valence electrons. The van der Waals surface area contributed by atoms with Crippen LogP contribution in [0.5, 0.6) is 0 Å². The van der Waals surface area contributed by atoms with E-state index in [1.165, 1.54) is 0 Å². The minimum atomic E-state index is 0.553. The largest absolute Gasteiger partial charge is 0.298 e. The molecule has 1 aromatic heterocycles. The Hall–Kier alpha value is -1.56. The van der Waals surface area contributed by atoms with Crippen LogP contribution in [0.25, 0.3) is 0 Å². The van der Waals surface area contributed by atoms with Crippen LogP contribution in [0.3, 0.4) is 0 Å². The highest BCUT2D eigenvalue weighted by molar-refractivity contribution is 5.78. The molecule has 0 radical (unpaired) electrons. The third-order valence-corrected chi connectivity index (χ3v) is 1.96. The van der Waals surface area contributed by atoms with Gasteiger partial charge in [0.15, 0.2) is 6.29 Å². The van der Waals surface area contributed by atoms with E-state index < -0.39 is 0 Å².